The van der Waals surface area contributed by atoms with Crippen molar-refractivity contribution in [3.63, 3.8) is 0 Å². The molecule has 0 spiro atoms. The summed E-state index contributed by atoms with van der Waals surface area (Å²) in [5, 5.41) is 25.1. The second kappa shape index (κ2) is 10.3. The fourth-order valence-corrected chi connectivity index (χ4v) is 6.02. The maximum atomic E-state index is 13.6. The lowest BCUT2D eigenvalue weighted by atomic mass is 9.87. The molecule has 1 atom stereocenters. The SMILES string of the molecule is O=C(CC1CCc2cc(C(O)(C(F)(F)F)C(F)(F)F)ccc2N1S(=O)(=O)c1ccc(F)cc1)NCc1nn[nH]n1. The van der Waals surface area contributed by atoms with Crippen LogP contribution in [0.2, 0.25) is 0 Å². The zero-order valence-corrected chi connectivity index (χ0v) is 20.8. The molecule has 1 aliphatic heterocycles. The van der Waals surface area contributed by atoms with Gasteiger partial charge in [0.2, 0.25) is 5.91 Å². The number of nitrogens with one attached hydrogen (secondary N) is 2. The third-order valence-corrected chi connectivity index (χ3v) is 8.14. The Morgan fingerprint density at radius 3 is 2.30 bits per heavy atom. The summed E-state index contributed by atoms with van der Waals surface area (Å²) in [5.74, 6) is -1.32. The van der Waals surface area contributed by atoms with Crippen molar-refractivity contribution in [2.75, 3.05) is 4.31 Å². The smallest absolute Gasteiger partial charge is 0.369 e. The van der Waals surface area contributed by atoms with Crippen LogP contribution in [0.1, 0.15) is 29.8 Å². The lowest BCUT2D eigenvalue weighted by Crippen LogP contribution is -2.54. The van der Waals surface area contributed by atoms with Crippen LogP contribution < -0.4 is 9.62 Å². The third kappa shape index (κ3) is 5.32. The monoisotopic (exact) mass is 596 g/mol. The van der Waals surface area contributed by atoms with Gasteiger partial charge < -0.3 is 10.4 Å². The Morgan fingerprint density at radius 2 is 1.73 bits per heavy atom. The number of aromatic nitrogens is 4. The van der Waals surface area contributed by atoms with Gasteiger partial charge in [-0.1, -0.05) is 17.3 Å². The minimum Gasteiger partial charge on any atom is -0.369 e. The first-order chi connectivity index (χ1) is 18.6. The van der Waals surface area contributed by atoms with Gasteiger partial charge in [-0.3, -0.25) is 9.10 Å². The quantitative estimate of drug-likeness (QED) is 0.356. The maximum absolute atomic E-state index is 13.6. The number of halogens is 7. The second-order valence-electron chi connectivity index (χ2n) is 8.81. The largest absolute Gasteiger partial charge is 0.430 e. The number of carbonyl (C=O) groups excluding carboxylic acids is 1. The van der Waals surface area contributed by atoms with Crippen LogP contribution in [0.25, 0.3) is 0 Å². The molecule has 0 aliphatic carbocycles. The molecule has 216 valence electrons. The van der Waals surface area contributed by atoms with E-state index < -0.39 is 62.6 Å². The van der Waals surface area contributed by atoms with Crippen molar-refractivity contribution in [2.24, 2.45) is 0 Å². The molecule has 1 amide bonds. The van der Waals surface area contributed by atoms with Gasteiger partial charge in [-0.25, -0.2) is 12.8 Å². The predicted molar refractivity (Wildman–Crippen MR) is 121 cm³/mol. The van der Waals surface area contributed by atoms with Gasteiger partial charge >= 0.3 is 12.4 Å². The van der Waals surface area contributed by atoms with Gasteiger partial charge in [0.25, 0.3) is 15.6 Å². The highest BCUT2D eigenvalue weighted by Gasteiger charge is 2.71. The zero-order valence-electron chi connectivity index (χ0n) is 20.0. The van der Waals surface area contributed by atoms with E-state index in [4.69, 9.17) is 0 Å². The number of hydrogen-bond donors (Lipinski definition) is 3. The van der Waals surface area contributed by atoms with E-state index in [1.54, 1.807) is 0 Å². The van der Waals surface area contributed by atoms with Crippen LogP contribution in [0.3, 0.4) is 0 Å². The first kappa shape index (κ1) is 29.2. The number of alkyl halides is 6. The number of rotatable bonds is 7. The van der Waals surface area contributed by atoms with E-state index in [2.05, 4.69) is 25.9 Å². The average molecular weight is 596 g/mol. The number of carbonyl (C=O) groups is 1. The molecule has 0 bridgehead atoms. The Morgan fingerprint density at radius 1 is 1.07 bits per heavy atom. The van der Waals surface area contributed by atoms with Crippen molar-refractivity contribution in [1.29, 1.82) is 0 Å². The molecule has 1 unspecified atom stereocenters. The van der Waals surface area contributed by atoms with Gasteiger partial charge in [-0.15, -0.1) is 10.2 Å². The summed E-state index contributed by atoms with van der Waals surface area (Å²) in [6, 6.07) is 3.88. The zero-order chi connectivity index (χ0) is 29.5. The predicted octanol–water partition coefficient (Wildman–Crippen LogP) is 2.87. The van der Waals surface area contributed by atoms with Crippen molar-refractivity contribution >= 4 is 21.6 Å². The van der Waals surface area contributed by atoms with Crippen LogP contribution in [0.5, 0.6) is 0 Å². The summed E-state index contributed by atoms with van der Waals surface area (Å²) >= 11 is 0. The molecule has 3 aromatic rings. The topological polar surface area (TPSA) is 141 Å². The van der Waals surface area contributed by atoms with Crippen molar-refractivity contribution in [3.8, 4) is 0 Å². The van der Waals surface area contributed by atoms with E-state index in [1.807, 2.05) is 0 Å². The van der Waals surface area contributed by atoms with Gasteiger partial charge in [0.1, 0.15) is 5.82 Å². The van der Waals surface area contributed by atoms with Crippen molar-refractivity contribution in [3.05, 3.63) is 65.2 Å². The van der Waals surface area contributed by atoms with E-state index in [-0.39, 0.29) is 36.5 Å². The second-order valence-corrected chi connectivity index (χ2v) is 10.6. The van der Waals surface area contributed by atoms with Crippen molar-refractivity contribution in [1.82, 2.24) is 25.9 Å². The molecule has 0 saturated heterocycles. The molecule has 0 radical (unpaired) electrons. The molecular formula is C22H19F7N6O4S. The molecule has 3 N–H and O–H groups in total. The maximum Gasteiger partial charge on any atom is 0.430 e. The fourth-order valence-electron chi connectivity index (χ4n) is 4.30. The van der Waals surface area contributed by atoms with Crippen LogP contribution in [0, 0.1) is 5.82 Å². The normalized spacial score (nSPS) is 16.5. The number of H-pyrrole nitrogens is 1. The number of sulfonamides is 1. The lowest BCUT2D eigenvalue weighted by Gasteiger charge is -2.39. The molecule has 0 fully saturated rings. The van der Waals surface area contributed by atoms with Gasteiger partial charge in [0, 0.05) is 12.0 Å². The molecular weight excluding hydrogens is 577 g/mol. The number of anilines is 1. The highest BCUT2D eigenvalue weighted by atomic mass is 32.2. The van der Waals surface area contributed by atoms with Gasteiger partial charge in [-0.2, -0.15) is 31.6 Å². The summed E-state index contributed by atoms with van der Waals surface area (Å²) in [6.45, 7) is -0.166. The fraction of sp³-hybridized carbons (Fsp3) is 0.364. The van der Waals surface area contributed by atoms with Gasteiger partial charge in [0.05, 0.1) is 23.2 Å². The van der Waals surface area contributed by atoms with Crippen LogP contribution in [-0.2, 0) is 33.4 Å². The van der Waals surface area contributed by atoms with E-state index in [0.717, 1.165) is 24.3 Å². The summed E-state index contributed by atoms with van der Waals surface area (Å²) in [7, 11) is -4.61. The van der Waals surface area contributed by atoms with E-state index in [0.29, 0.717) is 22.5 Å². The molecule has 2 aromatic carbocycles. The molecule has 18 heteroatoms. The average Bonchev–Trinajstić information content (AvgIpc) is 3.39. The van der Waals surface area contributed by atoms with Crippen molar-refractivity contribution in [2.45, 2.75) is 54.7 Å². The Labute approximate surface area is 221 Å². The number of tetrazole rings is 1. The minimum absolute atomic E-state index is 0.118. The summed E-state index contributed by atoms with van der Waals surface area (Å²) in [6.07, 6.45) is -13.2. The van der Waals surface area contributed by atoms with Gasteiger partial charge in [0.15, 0.2) is 5.82 Å². The van der Waals surface area contributed by atoms with Crippen LogP contribution in [-0.4, -0.2) is 58.5 Å². The number of aromatic amines is 1. The molecule has 40 heavy (non-hydrogen) atoms. The molecule has 1 aromatic heterocycles. The van der Waals surface area contributed by atoms with Gasteiger partial charge in [-0.05, 0) is 48.7 Å². The summed E-state index contributed by atoms with van der Waals surface area (Å²) < 4.78 is 122. The van der Waals surface area contributed by atoms with Crippen molar-refractivity contribution < 1.29 is 49.1 Å². The number of aryl methyl sites for hydroxylation is 1. The lowest BCUT2D eigenvalue weighted by molar-refractivity contribution is -0.376. The number of nitrogens with zero attached hydrogens (tertiary/aromatic N) is 4. The number of aliphatic hydroxyl groups is 1. The number of amides is 1. The Kier molecular flexibility index (Phi) is 7.52. The summed E-state index contributed by atoms with van der Waals surface area (Å²) in [5.41, 5.74) is -7.33. The molecule has 4 rings (SSSR count). The van der Waals surface area contributed by atoms with E-state index in [9.17, 15) is 49.1 Å². The molecule has 1 aliphatic rings. The number of fused-ring (bicyclic) bond motifs is 1. The van der Waals surface area contributed by atoms with Crippen LogP contribution in [0.15, 0.2) is 47.4 Å². The summed E-state index contributed by atoms with van der Waals surface area (Å²) in [4.78, 5) is 12.2. The Hall–Kier alpha value is -3.80. The number of hydrogen-bond acceptors (Lipinski definition) is 7. The Bertz CT molecular complexity index is 1460. The molecule has 2 heterocycles. The molecule has 0 saturated carbocycles. The first-order valence-electron chi connectivity index (χ1n) is 11.3. The highest BCUT2D eigenvalue weighted by Crippen LogP contribution is 2.51. The van der Waals surface area contributed by atoms with E-state index in [1.165, 1.54) is 0 Å². The third-order valence-electron chi connectivity index (χ3n) is 6.26. The minimum atomic E-state index is -6.15. The highest BCUT2D eigenvalue weighted by molar-refractivity contribution is 7.92. The van der Waals surface area contributed by atoms with Crippen LogP contribution >= 0.6 is 0 Å². The standard InChI is InChI=1S/C22H19F7N6O4S/c23-14-3-6-16(7-4-14)40(38,39)35-15(10-19(36)30-11-18-31-33-34-32-18)5-1-12-9-13(2-8-17(12)35)20(37,21(24,25)26)22(27,28)29/h2-4,6-9,15,37H,1,5,10-11H2,(H,30,36)(H,31,32,33,34). The first-order valence-corrected chi connectivity index (χ1v) is 12.8. The van der Waals surface area contributed by atoms with E-state index >= 15 is 0 Å². The Balaban J connectivity index is 1.76. The number of benzene rings is 2. The molecule has 10 nitrogen and oxygen atoms in total. The van der Waals surface area contributed by atoms with Crippen LogP contribution in [0.4, 0.5) is 36.4 Å².